The first-order valence-corrected chi connectivity index (χ1v) is 10.2. The van der Waals surface area contributed by atoms with Crippen LogP contribution in [0.5, 0.6) is 5.75 Å². The minimum absolute atomic E-state index is 0.415. The fourth-order valence-electron chi connectivity index (χ4n) is 3.31. The van der Waals surface area contributed by atoms with Crippen LogP contribution in [0.2, 0.25) is 0 Å². The van der Waals surface area contributed by atoms with Gasteiger partial charge in [-0.15, -0.1) is 0 Å². The Morgan fingerprint density at radius 3 is 2.42 bits per heavy atom. The van der Waals surface area contributed by atoms with E-state index in [2.05, 4.69) is 16.0 Å². The molecule has 3 aromatic rings. The summed E-state index contributed by atoms with van der Waals surface area (Å²) in [5, 5.41) is 4.48. The molecule has 2 aromatic carbocycles. The van der Waals surface area contributed by atoms with Gasteiger partial charge in [-0.3, -0.25) is 25.1 Å². The van der Waals surface area contributed by atoms with Gasteiger partial charge in [0.2, 0.25) is 0 Å². The van der Waals surface area contributed by atoms with Crippen LogP contribution in [0.15, 0.2) is 48.5 Å². The molecule has 7 heteroatoms. The molecule has 0 aliphatic heterocycles. The predicted molar refractivity (Wildman–Crippen MR) is 119 cm³/mol. The van der Waals surface area contributed by atoms with E-state index in [1.54, 1.807) is 18.5 Å². The normalized spacial score (nSPS) is 11.6. The van der Waals surface area contributed by atoms with E-state index in [9.17, 15) is 9.59 Å². The number of amides is 2. The Hall–Kier alpha value is -3.61. The van der Waals surface area contributed by atoms with E-state index in [4.69, 9.17) is 4.74 Å². The van der Waals surface area contributed by atoms with Crippen LogP contribution < -0.4 is 15.6 Å². The van der Waals surface area contributed by atoms with Crippen molar-refractivity contribution in [2.75, 3.05) is 0 Å². The summed E-state index contributed by atoms with van der Waals surface area (Å²) >= 11 is 0. The molecular formula is C24H28N4O3. The van der Waals surface area contributed by atoms with Gasteiger partial charge in [-0.05, 0) is 57.4 Å². The maximum atomic E-state index is 12.7. The lowest BCUT2D eigenvalue weighted by atomic mass is 10.1. The summed E-state index contributed by atoms with van der Waals surface area (Å²) in [6.07, 6.45) is -0.774. The summed E-state index contributed by atoms with van der Waals surface area (Å²) in [6, 6.07) is 15.6. The van der Waals surface area contributed by atoms with Crippen LogP contribution in [0, 0.1) is 27.7 Å². The van der Waals surface area contributed by atoms with E-state index in [0.717, 1.165) is 22.4 Å². The first kappa shape index (κ1) is 22.1. The molecule has 0 saturated heterocycles. The molecule has 0 bridgehead atoms. The van der Waals surface area contributed by atoms with Crippen molar-refractivity contribution in [2.24, 2.45) is 0 Å². The summed E-state index contributed by atoms with van der Waals surface area (Å²) in [6.45, 7) is 9.74. The number of hydrazine groups is 1. The summed E-state index contributed by atoms with van der Waals surface area (Å²) in [5.41, 5.74) is 9.84. The fourth-order valence-corrected chi connectivity index (χ4v) is 3.31. The van der Waals surface area contributed by atoms with Crippen LogP contribution in [0.4, 0.5) is 0 Å². The molecule has 31 heavy (non-hydrogen) atoms. The first-order chi connectivity index (χ1) is 14.8. The van der Waals surface area contributed by atoms with Gasteiger partial charge in [0.15, 0.2) is 6.10 Å². The zero-order valence-corrected chi connectivity index (χ0v) is 18.5. The predicted octanol–water partition coefficient (Wildman–Crippen LogP) is 3.39. The van der Waals surface area contributed by atoms with Crippen LogP contribution in [0.1, 0.15) is 45.4 Å². The van der Waals surface area contributed by atoms with Gasteiger partial charge in [-0.1, -0.05) is 42.5 Å². The molecule has 0 radical (unpaired) electrons. The SMILES string of the molecule is Cc1cccc(OC(C)C(=O)NNC(=O)c2c(C)nn(Cc3ccccc3)c2C)c1C. The van der Waals surface area contributed by atoms with E-state index >= 15 is 0 Å². The van der Waals surface area contributed by atoms with E-state index in [1.807, 2.05) is 69.3 Å². The highest BCUT2D eigenvalue weighted by Crippen LogP contribution is 2.21. The molecule has 162 valence electrons. The molecule has 0 aliphatic carbocycles. The molecule has 1 atom stereocenters. The summed E-state index contributed by atoms with van der Waals surface area (Å²) in [5.74, 6) is -0.217. The largest absolute Gasteiger partial charge is 0.481 e. The number of aromatic nitrogens is 2. The monoisotopic (exact) mass is 420 g/mol. The highest BCUT2D eigenvalue weighted by Gasteiger charge is 2.21. The molecule has 1 unspecified atom stereocenters. The third-order valence-corrected chi connectivity index (χ3v) is 5.31. The Bertz CT molecular complexity index is 1090. The summed E-state index contributed by atoms with van der Waals surface area (Å²) < 4.78 is 7.55. The Labute approximate surface area is 182 Å². The van der Waals surface area contributed by atoms with Crippen molar-refractivity contribution in [3.8, 4) is 5.75 Å². The second kappa shape index (κ2) is 9.47. The zero-order valence-electron chi connectivity index (χ0n) is 18.5. The molecule has 1 heterocycles. The maximum absolute atomic E-state index is 12.7. The maximum Gasteiger partial charge on any atom is 0.279 e. The average Bonchev–Trinajstić information content (AvgIpc) is 3.03. The zero-order chi connectivity index (χ0) is 22.5. The number of benzene rings is 2. The standard InChI is InChI=1S/C24H28N4O3/c1-15-10-9-13-21(16(15)2)31-19(5)23(29)25-26-24(30)22-17(3)27-28(18(22)4)14-20-11-7-6-8-12-20/h6-13,19H,14H2,1-5H3,(H,25,29)(H,26,30). The lowest BCUT2D eigenvalue weighted by Crippen LogP contribution is -2.47. The highest BCUT2D eigenvalue weighted by molar-refractivity contribution is 5.97. The number of hydrogen-bond donors (Lipinski definition) is 2. The lowest BCUT2D eigenvalue weighted by molar-refractivity contribution is -0.128. The fraction of sp³-hybridized carbons (Fsp3) is 0.292. The topological polar surface area (TPSA) is 85.2 Å². The van der Waals surface area contributed by atoms with E-state index in [0.29, 0.717) is 23.6 Å². The van der Waals surface area contributed by atoms with Gasteiger partial charge in [-0.25, -0.2) is 0 Å². The Morgan fingerprint density at radius 2 is 1.71 bits per heavy atom. The quantitative estimate of drug-likeness (QED) is 0.599. The molecule has 2 amide bonds. The molecular weight excluding hydrogens is 392 g/mol. The number of carbonyl (C=O) groups excluding carboxylic acids is 2. The third kappa shape index (κ3) is 5.12. The van der Waals surface area contributed by atoms with Crippen LogP contribution in [0.25, 0.3) is 0 Å². The molecule has 3 rings (SSSR count). The van der Waals surface area contributed by atoms with Crippen LogP contribution in [0.3, 0.4) is 0 Å². The van der Waals surface area contributed by atoms with Crippen molar-refractivity contribution in [2.45, 2.75) is 47.3 Å². The lowest BCUT2D eigenvalue weighted by Gasteiger charge is -2.17. The number of hydrogen-bond acceptors (Lipinski definition) is 4. The number of aryl methyl sites for hydroxylation is 2. The Kier molecular flexibility index (Phi) is 6.74. The number of rotatable bonds is 6. The number of ether oxygens (including phenoxy) is 1. The Morgan fingerprint density at radius 1 is 1.00 bits per heavy atom. The van der Waals surface area contributed by atoms with E-state index in [1.165, 1.54) is 0 Å². The minimum atomic E-state index is -0.774. The molecule has 0 fully saturated rings. The van der Waals surface area contributed by atoms with Gasteiger partial charge in [0, 0.05) is 5.69 Å². The number of carbonyl (C=O) groups is 2. The van der Waals surface area contributed by atoms with Gasteiger partial charge >= 0.3 is 0 Å². The van der Waals surface area contributed by atoms with Crippen LogP contribution in [-0.2, 0) is 11.3 Å². The average molecular weight is 421 g/mol. The van der Waals surface area contributed by atoms with Crippen molar-refractivity contribution < 1.29 is 14.3 Å². The molecule has 0 saturated carbocycles. The Balaban J connectivity index is 1.62. The van der Waals surface area contributed by atoms with Gasteiger partial charge in [0.1, 0.15) is 5.75 Å². The number of nitrogens with one attached hydrogen (secondary N) is 2. The first-order valence-electron chi connectivity index (χ1n) is 10.2. The molecule has 7 nitrogen and oxygen atoms in total. The van der Waals surface area contributed by atoms with Crippen molar-refractivity contribution in [1.82, 2.24) is 20.6 Å². The summed E-state index contributed by atoms with van der Waals surface area (Å²) in [7, 11) is 0. The smallest absolute Gasteiger partial charge is 0.279 e. The van der Waals surface area contributed by atoms with Gasteiger partial charge in [0.25, 0.3) is 11.8 Å². The van der Waals surface area contributed by atoms with Gasteiger partial charge < -0.3 is 4.74 Å². The van der Waals surface area contributed by atoms with Crippen LogP contribution in [-0.4, -0.2) is 27.7 Å². The second-order valence-corrected chi connectivity index (χ2v) is 7.59. The van der Waals surface area contributed by atoms with Crippen LogP contribution >= 0.6 is 0 Å². The van der Waals surface area contributed by atoms with Gasteiger partial charge in [-0.2, -0.15) is 5.10 Å². The molecule has 0 aliphatic rings. The number of nitrogens with zero attached hydrogens (tertiary/aromatic N) is 2. The molecule has 1 aromatic heterocycles. The van der Waals surface area contributed by atoms with Crippen molar-refractivity contribution >= 4 is 11.8 Å². The third-order valence-electron chi connectivity index (χ3n) is 5.31. The van der Waals surface area contributed by atoms with Gasteiger partial charge in [0.05, 0.1) is 17.8 Å². The van der Waals surface area contributed by atoms with E-state index < -0.39 is 17.9 Å². The minimum Gasteiger partial charge on any atom is -0.481 e. The van der Waals surface area contributed by atoms with Crippen molar-refractivity contribution in [3.05, 3.63) is 82.2 Å². The molecule has 0 spiro atoms. The van der Waals surface area contributed by atoms with E-state index in [-0.39, 0.29) is 0 Å². The second-order valence-electron chi connectivity index (χ2n) is 7.59. The highest BCUT2D eigenvalue weighted by atomic mass is 16.5. The molecule has 2 N–H and O–H groups in total. The summed E-state index contributed by atoms with van der Waals surface area (Å²) in [4.78, 5) is 25.1. The van der Waals surface area contributed by atoms with Crippen molar-refractivity contribution in [3.63, 3.8) is 0 Å². The van der Waals surface area contributed by atoms with Crippen molar-refractivity contribution in [1.29, 1.82) is 0 Å².